The minimum absolute atomic E-state index is 0.574. The van der Waals surface area contributed by atoms with Crippen molar-refractivity contribution in [1.82, 2.24) is 9.46 Å². The van der Waals surface area contributed by atoms with Crippen molar-refractivity contribution >= 4 is 29.2 Å². The van der Waals surface area contributed by atoms with Gasteiger partial charge in [0.05, 0.1) is 11.1 Å². The second-order valence-corrected chi connectivity index (χ2v) is 7.71. The zero-order valence-electron chi connectivity index (χ0n) is 16.3. The summed E-state index contributed by atoms with van der Waals surface area (Å²) < 4.78 is 33.9. The van der Waals surface area contributed by atoms with Crippen LogP contribution in [0.25, 0.3) is 16.5 Å². The molecular formula is C22H20BF2N3. The summed E-state index contributed by atoms with van der Waals surface area (Å²) in [6.07, 6.45) is 3.61. The molecule has 3 aromatic rings. The van der Waals surface area contributed by atoms with E-state index in [1.165, 1.54) is 8.96 Å². The van der Waals surface area contributed by atoms with Crippen LogP contribution in [0.1, 0.15) is 36.4 Å². The molecule has 0 radical (unpaired) electrons. The highest BCUT2D eigenvalue weighted by molar-refractivity contribution is 6.58. The number of allylic oxidation sites excluding steroid dienone is 2. The second-order valence-electron chi connectivity index (χ2n) is 7.71. The van der Waals surface area contributed by atoms with E-state index in [0.29, 0.717) is 22.8 Å². The maximum absolute atomic E-state index is 15.7. The molecule has 4 heterocycles. The molecule has 0 saturated heterocycles. The van der Waals surface area contributed by atoms with Crippen LogP contribution in [-0.4, -0.2) is 26.6 Å². The minimum Gasteiger partial charge on any atom is -0.393 e. The Morgan fingerprint density at radius 2 is 1.82 bits per heavy atom. The molecule has 5 rings (SSSR count). The van der Waals surface area contributed by atoms with E-state index < -0.39 is 6.97 Å². The molecule has 0 aliphatic carbocycles. The van der Waals surface area contributed by atoms with Crippen LogP contribution >= 0.6 is 0 Å². The number of hydrogen-bond donors (Lipinski definition) is 0. The van der Waals surface area contributed by atoms with E-state index in [4.69, 9.17) is 0 Å². The predicted molar refractivity (Wildman–Crippen MR) is 110 cm³/mol. The molecule has 28 heavy (non-hydrogen) atoms. The number of hydrogen-bond acceptors (Lipinski definition) is 1. The van der Waals surface area contributed by atoms with Crippen molar-refractivity contribution in [3.05, 3.63) is 82.5 Å². The summed E-state index contributed by atoms with van der Waals surface area (Å²) in [6, 6.07) is 11.7. The number of aromatic nitrogens is 2. The Morgan fingerprint density at radius 1 is 1.04 bits per heavy atom. The summed E-state index contributed by atoms with van der Waals surface area (Å²) in [5, 5.41) is 0.965. The number of pyridine rings is 1. The molecule has 2 aliphatic heterocycles. The van der Waals surface area contributed by atoms with E-state index in [1.807, 2.05) is 56.3 Å². The smallest absolute Gasteiger partial charge is 0.393 e. The van der Waals surface area contributed by atoms with E-state index in [1.54, 1.807) is 20.0 Å². The molecule has 0 N–H and O–H groups in total. The van der Waals surface area contributed by atoms with E-state index in [2.05, 4.69) is 4.98 Å². The Bertz CT molecular complexity index is 1270. The molecule has 2 aromatic heterocycles. The summed E-state index contributed by atoms with van der Waals surface area (Å²) in [5.41, 5.74) is 6.72. The van der Waals surface area contributed by atoms with Gasteiger partial charge < -0.3 is 17.6 Å². The van der Waals surface area contributed by atoms with Crippen LogP contribution in [0, 0.1) is 13.8 Å². The SMILES string of the molecule is CC1=CC(C)=[N+]2C1=C(c1cccc3ncccc13)c1c(C)cc(C)n1[B-]2(F)F. The lowest BCUT2D eigenvalue weighted by molar-refractivity contribution is -0.363. The number of aryl methyl sites for hydroxylation is 2. The Balaban J connectivity index is 2.00. The van der Waals surface area contributed by atoms with E-state index in [9.17, 15) is 0 Å². The molecule has 2 aliphatic rings. The van der Waals surface area contributed by atoms with Gasteiger partial charge in [-0.3, -0.25) is 4.98 Å². The maximum Gasteiger partial charge on any atom is 0.737 e. The van der Waals surface area contributed by atoms with Crippen LogP contribution in [0.4, 0.5) is 8.63 Å². The number of halogens is 2. The summed E-state index contributed by atoms with van der Waals surface area (Å²) in [6.45, 7) is 3.38. The molecule has 3 nitrogen and oxygen atoms in total. The standard InChI is InChI=1S/C22H20BF2N3/c1-13-11-15(3)27-21(13)20(18-7-5-9-19-17(18)8-6-10-26-19)22-14(2)12-16(4)28(22)23(27,24)25/h5-12H,1-4H3. The van der Waals surface area contributed by atoms with Gasteiger partial charge in [0.1, 0.15) is 5.71 Å². The van der Waals surface area contributed by atoms with E-state index in [0.717, 1.165) is 33.2 Å². The maximum atomic E-state index is 15.7. The highest BCUT2D eigenvalue weighted by Crippen LogP contribution is 2.45. The number of fused-ring (bicyclic) bond motifs is 3. The summed E-state index contributed by atoms with van der Waals surface area (Å²) in [7, 11) is 0. The van der Waals surface area contributed by atoms with Crippen molar-refractivity contribution in [2.45, 2.75) is 27.7 Å². The molecule has 0 atom stereocenters. The highest BCUT2D eigenvalue weighted by atomic mass is 19.2. The van der Waals surface area contributed by atoms with Gasteiger partial charge in [0.2, 0.25) is 0 Å². The molecule has 0 spiro atoms. The third kappa shape index (κ3) is 2.03. The normalized spacial score (nSPS) is 17.9. The second kappa shape index (κ2) is 5.50. The molecule has 0 fully saturated rings. The monoisotopic (exact) mass is 375 g/mol. The van der Waals surface area contributed by atoms with Gasteiger partial charge in [-0.25, -0.2) is 0 Å². The number of rotatable bonds is 1. The molecule has 0 saturated carbocycles. The summed E-state index contributed by atoms with van der Waals surface area (Å²) in [5.74, 6) is 0. The average molecular weight is 375 g/mol. The first kappa shape index (κ1) is 17.1. The van der Waals surface area contributed by atoms with Crippen molar-refractivity contribution in [3.63, 3.8) is 0 Å². The van der Waals surface area contributed by atoms with Gasteiger partial charge in [0.25, 0.3) is 0 Å². The third-order valence-electron chi connectivity index (χ3n) is 5.85. The fraction of sp³-hybridized carbons (Fsp3) is 0.182. The topological polar surface area (TPSA) is 20.8 Å². The first-order chi connectivity index (χ1) is 13.3. The van der Waals surface area contributed by atoms with Gasteiger partial charge in [-0.15, -0.1) is 0 Å². The first-order valence-electron chi connectivity index (χ1n) is 9.43. The Kier molecular flexibility index (Phi) is 3.36. The van der Waals surface area contributed by atoms with Gasteiger partial charge in [-0.1, -0.05) is 18.2 Å². The van der Waals surface area contributed by atoms with Crippen LogP contribution in [0.5, 0.6) is 0 Å². The van der Waals surface area contributed by atoms with Crippen LogP contribution in [0.15, 0.2) is 59.9 Å². The third-order valence-corrected chi connectivity index (χ3v) is 5.85. The van der Waals surface area contributed by atoms with Crippen molar-refractivity contribution < 1.29 is 13.1 Å². The van der Waals surface area contributed by atoms with Crippen LogP contribution < -0.4 is 0 Å². The quantitative estimate of drug-likeness (QED) is 0.544. The molecule has 0 bridgehead atoms. The fourth-order valence-corrected chi connectivity index (χ4v) is 4.88. The molecular weight excluding hydrogens is 355 g/mol. The lowest BCUT2D eigenvalue weighted by atomic mass is 9.83. The lowest BCUT2D eigenvalue weighted by Gasteiger charge is -2.34. The van der Waals surface area contributed by atoms with Gasteiger partial charge in [0, 0.05) is 35.8 Å². The van der Waals surface area contributed by atoms with Gasteiger partial charge in [0.15, 0.2) is 5.70 Å². The molecule has 140 valence electrons. The molecule has 0 unspecified atom stereocenters. The predicted octanol–water partition coefficient (Wildman–Crippen LogP) is 5.08. The van der Waals surface area contributed by atoms with Crippen molar-refractivity contribution in [2.24, 2.45) is 0 Å². The van der Waals surface area contributed by atoms with Gasteiger partial charge in [-0.05, 0) is 55.8 Å². The van der Waals surface area contributed by atoms with Crippen molar-refractivity contribution in [2.75, 3.05) is 0 Å². The Labute approximate surface area is 162 Å². The van der Waals surface area contributed by atoms with Crippen LogP contribution in [0.2, 0.25) is 0 Å². The number of nitrogens with zero attached hydrogens (tertiary/aromatic N) is 3. The number of benzene rings is 1. The highest BCUT2D eigenvalue weighted by Gasteiger charge is 2.55. The fourth-order valence-electron chi connectivity index (χ4n) is 4.88. The van der Waals surface area contributed by atoms with Crippen LogP contribution in [0.3, 0.4) is 0 Å². The zero-order chi connectivity index (χ0) is 19.8. The lowest BCUT2D eigenvalue weighted by Crippen LogP contribution is -2.51. The van der Waals surface area contributed by atoms with Crippen molar-refractivity contribution in [3.8, 4) is 0 Å². The van der Waals surface area contributed by atoms with Gasteiger partial charge >= 0.3 is 6.97 Å². The summed E-state index contributed by atoms with van der Waals surface area (Å²) in [4.78, 5) is 4.46. The molecule has 0 amide bonds. The minimum atomic E-state index is -3.95. The molecule has 6 heteroatoms. The van der Waals surface area contributed by atoms with E-state index in [-0.39, 0.29) is 0 Å². The Hall–Kier alpha value is -3.02. The van der Waals surface area contributed by atoms with E-state index >= 15 is 8.63 Å². The van der Waals surface area contributed by atoms with Crippen molar-refractivity contribution in [1.29, 1.82) is 0 Å². The largest absolute Gasteiger partial charge is 0.737 e. The first-order valence-corrected chi connectivity index (χ1v) is 9.43. The average Bonchev–Trinajstić information content (AvgIpc) is 3.12. The zero-order valence-corrected chi connectivity index (χ0v) is 16.3. The molecule has 1 aromatic carbocycles. The van der Waals surface area contributed by atoms with Crippen LogP contribution in [-0.2, 0) is 0 Å². The summed E-state index contributed by atoms with van der Waals surface area (Å²) >= 11 is 0. The van der Waals surface area contributed by atoms with Gasteiger partial charge in [-0.2, -0.15) is 0 Å². The Morgan fingerprint density at radius 3 is 2.61 bits per heavy atom.